The van der Waals surface area contributed by atoms with Gasteiger partial charge in [0.2, 0.25) is 0 Å². The van der Waals surface area contributed by atoms with Gasteiger partial charge in [0.05, 0.1) is 6.10 Å². The van der Waals surface area contributed by atoms with Crippen molar-refractivity contribution in [2.75, 3.05) is 27.3 Å². The fraction of sp³-hybridized carbons (Fsp3) is 0.579. The van der Waals surface area contributed by atoms with E-state index in [1.807, 2.05) is 0 Å². The van der Waals surface area contributed by atoms with Crippen molar-refractivity contribution in [2.24, 2.45) is 5.92 Å². The molecule has 1 aromatic heterocycles. The van der Waals surface area contributed by atoms with Gasteiger partial charge in [0.25, 0.3) is 0 Å². The van der Waals surface area contributed by atoms with Crippen molar-refractivity contribution < 1.29 is 9.84 Å². The molecule has 4 heteroatoms. The first kappa shape index (κ1) is 15.2. The van der Waals surface area contributed by atoms with Gasteiger partial charge in [-0.3, -0.25) is 0 Å². The molecule has 124 valence electrons. The van der Waals surface area contributed by atoms with E-state index >= 15 is 0 Å². The monoisotopic (exact) mass is 314 g/mol. The Balaban J connectivity index is 1.70. The van der Waals surface area contributed by atoms with Crippen LogP contribution in [-0.2, 0) is 11.2 Å². The normalized spacial score (nSPS) is 28.7. The van der Waals surface area contributed by atoms with Gasteiger partial charge in [-0.05, 0) is 49.4 Å². The Morgan fingerprint density at radius 3 is 3.09 bits per heavy atom. The molecule has 2 aliphatic rings. The lowest BCUT2D eigenvalue weighted by molar-refractivity contribution is -0.0135. The number of nitrogens with zero attached hydrogens (tertiary/aromatic N) is 1. The van der Waals surface area contributed by atoms with Gasteiger partial charge in [-0.2, -0.15) is 0 Å². The minimum absolute atomic E-state index is 0.148. The summed E-state index contributed by atoms with van der Waals surface area (Å²) >= 11 is 0. The smallest absolute Gasteiger partial charge is 0.0633 e. The SMILES string of the molecule is COC(CCO)[C@@H]1CC2c3cccc4[nH]cc(c34)C[C@H]2N(C)C1. The van der Waals surface area contributed by atoms with Crippen LogP contribution in [-0.4, -0.2) is 54.4 Å². The van der Waals surface area contributed by atoms with Crippen LogP contribution in [0.1, 0.15) is 29.9 Å². The van der Waals surface area contributed by atoms with E-state index in [-0.39, 0.29) is 12.7 Å². The molecule has 2 heterocycles. The van der Waals surface area contributed by atoms with Crippen molar-refractivity contribution in [3.63, 3.8) is 0 Å². The van der Waals surface area contributed by atoms with Crippen molar-refractivity contribution in [3.8, 4) is 0 Å². The highest BCUT2D eigenvalue weighted by Crippen LogP contribution is 2.45. The molecule has 0 radical (unpaired) electrons. The Bertz CT molecular complexity index is 696. The van der Waals surface area contributed by atoms with Crippen LogP contribution in [0.15, 0.2) is 24.4 Å². The average molecular weight is 314 g/mol. The van der Waals surface area contributed by atoms with Gasteiger partial charge in [-0.25, -0.2) is 0 Å². The molecule has 0 amide bonds. The Morgan fingerprint density at radius 1 is 1.43 bits per heavy atom. The number of nitrogens with one attached hydrogen (secondary N) is 1. The molecule has 0 bridgehead atoms. The molecule has 0 saturated carbocycles. The standard InChI is InChI=1S/C19H26N2O2/c1-21-11-13(18(23-2)6-7-22)8-15-14-4-3-5-16-19(14)12(10-20-16)9-17(15)21/h3-5,10,13,15,17-18,20,22H,6-9,11H2,1-2H3/t13-,15?,17-,18?/m1/s1. The van der Waals surface area contributed by atoms with Crippen LogP contribution in [0.4, 0.5) is 0 Å². The van der Waals surface area contributed by atoms with Gasteiger partial charge in [-0.1, -0.05) is 12.1 Å². The second kappa shape index (κ2) is 5.93. The maximum Gasteiger partial charge on any atom is 0.0633 e. The summed E-state index contributed by atoms with van der Waals surface area (Å²) in [5.74, 6) is 1.04. The number of aromatic nitrogens is 1. The van der Waals surface area contributed by atoms with Crippen LogP contribution in [0.5, 0.6) is 0 Å². The molecule has 4 atom stereocenters. The summed E-state index contributed by atoms with van der Waals surface area (Å²) in [5.41, 5.74) is 4.21. The number of hydrogen-bond donors (Lipinski definition) is 2. The van der Waals surface area contributed by atoms with E-state index in [2.05, 4.69) is 41.3 Å². The Morgan fingerprint density at radius 2 is 2.30 bits per heavy atom. The molecular weight excluding hydrogens is 288 g/mol. The van der Waals surface area contributed by atoms with E-state index in [9.17, 15) is 5.11 Å². The van der Waals surface area contributed by atoms with Crippen LogP contribution in [0.2, 0.25) is 0 Å². The zero-order chi connectivity index (χ0) is 16.0. The van der Waals surface area contributed by atoms with E-state index in [1.165, 1.54) is 22.0 Å². The molecule has 1 fully saturated rings. The molecule has 2 unspecified atom stereocenters. The maximum absolute atomic E-state index is 9.32. The molecule has 4 nitrogen and oxygen atoms in total. The largest absolute Gasteiger partial charge is 0.396 e. The lowest BCUT2D eigenvalue weighted by atomic mass is 9.71. The number of benzene rings is 1. The fourth-order valence-electron chi connectivity index (χ4n) is 4.93. The van der Waals surface area contributed by atoms with Crippen LogP contribution in [0, 0.1) is 5.92 Å². The van der Waals surface area contributed by atoms with Crippen molar-refractivity contribution in [1.82, 2.24) is 9.88 Å². The third kappa shape index (κ3) is 2.40. The van der Waals surface area contributed by atoms with Gasteiger partial charge < -0.3 is 19.7 Å². The maximum atomic E-state index is 9.32. The zero-order valence-corrected chi connectivity index (χ0v) is 14.0. The van der Waals surface area contributed by atoms with E-state index in [4.69, 9.17) is 4.74 Å². The minimum atomic E-state index is 0.148. The number of methoxy groups -OCH3 is 1. The summed E-state index contributed by atoms with van der Waals surface area (Å²) in [6, 6.07) is 7.23. The van der Waals surface area contributed by atoms with Gasteiger partial charge in [0.15, 0.2) is 0 Å². The number of hydrogen-bond acceptors (Lipinski definition) is 3. The second-order valence-corrected chi connectivity index (χ2v) is 7.18. The molecular formula is C19H26N2O2. The molecule has 23 heavy (non-hydrogen) atoms. The fourth-order valence-corrected chi connectivity index (χ4v) is 4.93. The highest BCUT2D eigenvalue weighted by atomic mass is 16.5. The topological polar surface area (TPSA) is 48.5 Å². The Labute approximate surface area is 137 Å². The Kier molecular flexibility index (Phi) is 3.92. The predicted molar refractivity (Wildman–Crippen MR) is 91.8 cm³/mol. The van der Waals surface area contributed by atoms with Gasteiger partial charge in [-0.15, -0.1) is 0 Å². The molecule has 4 rings (SSSR count). The van der Waals surface area contributed by atoms with Crippen LogP contribution >= 0.6 is 0 Å². The summed E-state index contributed by atoms with van der Waals surface area (Å²) in [5, 5.41) is 10.8. The third-order valence-electron chi connectivity index (χ3n) is 6.00. The molecule has 2 aromatic rings. The van der Waals surface area contributed by atoms with Crippen LogP contribution < -0.4 is 0 Å². The number of likely N-dealkylation sites (N-methyl/N-ethyl adjacent to an activating group) is 1. The first-order valence-electron chi connectivity index (χ1n) is 8.65. The Hall–Kier alpha value is -1.36. The van der Waals surface area contributed by atoms with Crippen molar-refractivity contribution in [3.05, 3.63) is 35.5 Å². The van der Waals surface area contributed by atoms with E-state index in [0.717, 1.165) is 25.8 Å². The summed E-state index contributed by atoms with van der Waals surface area (Å²) in [7, 11) is 4.02. The number of aliphatic hydroxyl groups is 1. The number of piperidine rings is 1. The quantitative estimate of drug-likeness (QED) is 0.912. The summed E-state index contributed by atoms with van der Waals surface area (Å²) in [4.78, 5) is 5.94. The molecule has 0 spiro atoms. The van der Waals surface area contributed by atoms with Crippen LogP contribution in [0.25, 0.3) is 10.9 Å². The van der Waals surface area contributed by atoms with E-state index < -0.39 is 0 Å². The zero-order valence-electron chi connectivity index (χ0n) is 14.0. The minimum Gasteiger partial charge on any atom is -0.396 e. The van der Waals surface area contributed by atoms with Gasteiger partial charge in [0, 0.05) is 49.3 Å². The average Bonchev–Trinajstić information content (AvgIpc) is 2.98. The molecule has 1 aliphatic carbocycles. The molecule has 1 aromatic carbocycles. The first-order chi connectivity index (χ1) is 11.2. The molecule has 1 aliphatic heterocycles. The first-order valence-corrected chi connectivity index (χ1v) is 8.65. The molecule has 2 N–H and O–H groups in total. The number of ether oxygens (including phenoxy) is 1. The van der Waals surface area contributed by atoms with Crippen molar-refractivity contribution >= 4 is 10.9 Å². The van der Waals surface area contributed by atoms with Crippen molar-refractivity contribution in [1.29, 1.82) is 0 Å². The van der Waals surface area contributed by atoms with Crippen molar-refractivity contribution in [2.45, 2.75) is 37.3 Å². The predicted octanol–water partition coefficient (Wildman–Crippen LogP) is 2.53. The summed E-state index contributed by atoms with van der Waals surface area (Å²) in [6.45, 7) is 1.25. The number of fused-ring (bicyclic) bond motifs is 2. The molecule has 1 saturated heterocycles. The number of likely N-dealkylation sites (tertiary alicyclic amines) is 1. The highest BCUT2D eigenvalue weighted by molar-refractivity contribution is 5.88. The van der Waals surface area contributed by atoms with Gasteiger partial charge >= 0.3 is 0 Å². The number of rotatable bonds is 4. The number of H-pyrrole nitrogens is 1. The number of aromatic amines is 1. The van der Waals surface area contributed by atoms with Crippen LogP contribution in [0.3, 0.4) is 0 Å². The lowest BCUT2D eigenvalue weighted by Gasteiger charge is -2.47. The highest BCUT2D eigenvalue weighted by Gasteiger charge is 2.41. The summed E-state index contributed by atoms with van der Waals surface area (Å²) < 4.78 is 5.69. The second-order valence-electron chi connectivity index (χ2n) is 7.18. The van der Waals surface area contributed by atoms with E-state index in [1.54, 1.807) is 7.11 Å². The van der Waals surface area contributed by atoms with Gasteiger partial charge in [0.1, 0.15) is 0 Å². The number of aliphatic hydroxyl groups excluding tert-OH is 1. The van der Waals surface area contributed by atoms with E-state index in [0.29, 0.717) is 17.9 Å². The summed E-state index contributed by atoms with van der Waals surface area (Å²) in [6.07, 6.45) is 5.34. The third-order valence-corrected chi connectivity index (χ3v) is 6.00. The lowest BCUT2D eigenvalue weighted by Crippen LogP contribution is -2.50.